The Morgan fingerprint density at radius 2 is 1.22 bits per heavy atom. The highest BCUT2D eigenvalue weighted by molar-refractivity contribution is 5.83. The molecule has 0 heterocycles. The molecule has 0 spiro atoms. The fourth-order valence-electron chi connectivity index (χ4n) is 2.19. The van der Waals surface area contributed by atoms with Crippen LogP contribution in [0, 0.1) is 0 Å². The summed E-state index contributed by atoms with van der Waals surface area (Å²) < 4.78 is 0. The van der Waals surface area contributed by atoms with Crippen LogP contribution >= 0.6 is 0 Å². The Labute approximate surface area is 114 Å². The highest BCUT2D eigenvalue weighted by atomic mass is 16.1. The molecule has 108 valence electrons. The maximum atomic E-state index is 11.3. The number of Topliss-reactive ketones (excluding diaryl/α,β-unsaturated/α-hetero) is 1. The zero-order valence-electron chi connectivity index (χ0n) is 12.5. The number of hydrogen-bond donors (Lipinski definition) is 1. The molecule has 0 aromatic heterocycles. The molecule has 0 radical (unpaired) electrons. The summed E-state index contributed by atoms with van der Waals surface area (Å²) in [7, 11) is 0. The van der Waals surface area contributed by atoms with Gasteiger partial charge in [-0.3, -0.25) is 4.79 Å². The lowest BCUT2D eigenvalue weighted by Crippen LogP contribution is -2.26. The third kappa shape index (κ3) is 12.1. The molecule has 0 amide bonds. The Kier molecular flexibility index (Phi) is 12.8. The molecule has 0 aliphatic rings. The molecule has 0 aliphatic heterocycles. The van der Waals surface area contributed by atoms with Crippen LogP contribution < -0.4 is 5.73 Å². The molecule has 0 bridgehead atoms. The topological polar surface area (TPSA) is 43.1 Å². The van der Waals surface area contributed by atoms with Crippen LogP contribution in [0.1, 0.15) is 90.9 Å². The van der Waals surface area contributed by atoms with Crippen LogP contribution in [0.4, 0.5) is 0 Å². The zero-order chi connectivity index (χ0) is 13.6. The number of carbonyl (C=O) groups is 1. The first-order chi connectivity index (χ1) is 8.68. The summed E-state index contributed by atoms with van der Waals surface area (Å²) in [6.45, 7) is 4.04. The van der Waals surface area contributed by atoms with Gasteiger partial charge in [0.25, 0.3) is 0 Å². The quantitative estimate of drug-likeness (QED) is 0.489. The summed E-state index contributed by atoms with van der Waals surface area (Å²) in [6.07, 6.45) is 15.2. The Morgan fingerprint density at radius 1 is 0.833 bits per heavy atom. The molecule has 0 fully saturated rings. The van der Waals surface area contributed by atoms with Gasteiger partial charge in [-0.15, -0.1) is 0 Å². The molecule has 0 aromatic carbocycles. The highest BCUT2D eigenvalue weighted by Crippen LogP contribution is 2.12. The normalized spacial score (nSPS) is 12.6. The molecular weight excluding hydrogens is 222 g/mol. The Balaban J connectivity index is 3.05. The van der Waals surface area contributed by atoms with E-state index in [4.69, 9.17) is 5.73 Å². The lowest BCUT2D eigenvalue weighted by molar-refractivity contribution is -0.120. The van der Waals surface area contributed by atoms with Crippen LogP contribution in [0.3, 0.4) is 0 Å². The van der Waals surface area contributed by atoms with Gasteiger partial charge in [-0.25, -0.2) is 0 Å². The summed E-state index contributed by atoms with van der Waals surface area (Å²) in [4.78, 5) is 11.3. The predicted octanol–water partition coefficient (Wildman–Crippen LogP) is 4.60. The predicted molar refractivity (Wildman–Crippen MR) is 79.7 cm³/mol. The fraction of sp³-hybridized carbons (Fsp3) is 0.938. The van der Waals surface area contributed by atoms with Gasteiger partial charge in [-0.05, 0) is 13.3 Å². The summed E-state index contributed by atoms with van der Waals surface area (Å²) in [5, 5.41) is 0. The van der Waals surface area contributed by atoms with E-state index in [2.05, 4.69) is 6.92 Å². The van der Waals surface area contributed by atoms with Gasteiger partial charge in [0.1, 0.15) is 5.78 Å². The van der Waals surface area contributed by atoms with Crippen molar-refractivity contribution in [2.24, 2.45) is 5.73 Å². The number of nitrogens with two attached hydrogens (primary N) is 1. The molecule has 2 nitrogen and oxygen atoms in total. The van der Waals surface area contributed by atoms with Gasteiger partial charge >= 0.3 is 0 Å². The van der Waals surface area contributed by atoms with Crippen molar-refractivity contribution in [2.75, 3.05) is 0 Å². The Morgan fingerprint density at radius 3 is 1.61 bits per heavy atom. The summed E-state index contributed by atoms with van der Waals surface area (Å²) >= 11 is 0. The van der Waals surface area contributed by atoms with Gasteiger partial charge in [0, 0.05) is 6.42 Å². The largest absolute Gasteiger partial charge is 0.322 e. The van der Waals surface area contributed by atoms with Gasteiger partial charge in [0.05, 0.1) is 6.04 Å². The van der Waals surface area contributed by atoms with E-state index in [1.165, 1.54) is 64.2 Å². The van der Waals surface area contributed by atoms with Gasteiger partial charge in [-0.2, -0.15) is 0 Å². The minimum atomic E-state index is -0.270. The third-order valence-electron chi connectivity index (χ3n) is 3.53. The molecule has 2 heteroatoms. The maximum Gasteiger partial charge on any atom is 0.149 e. The van der Waals surface area contributed by atoms with E-state index in [1.807, 2.05) is 0 Å². The summed E-state index contributed by atoms with van der Waals surface area (Å²) in [6, 6.07) is -0.270. The molecular formula is C16H33NO. The fourth-order valence-corrected chi connectivity index (χ4v) is 2.19. The van der Waals surface area contributed by atoms with E-state index in [0.29, 0.717) is 6.42 Å². The molecule has 0 aliphatic carbocycles. The number of hydrogen-bond acceptors (Lipinski definition) is 2. The van der Waals surface area contributed by atoms with E-state index >= 15 is 0 Å². The SMILES string of the molecule is CCCCCCCCCCCCCC(=O)C(C)N. The number of rotatable bonds is 13. The second kappa shape index (κ2) is 13.1. The summed E-state index contributed by atoms with van der Waals surface area (Å²) in [5.74, 6) is 0.214. The van der Waals surface area contributed by atoms with Crippen LogP contribution in [-0.2, 0) is 4.79 Å². The van der Waals surface area contributed by atoms with E-state index in [1.54, 1.807) is 6.92 Å². The average Bonchev–Trinajstić information content (AvgIpc) is 2.35. The van der Waals surface area contributed by atoms with Gasteiger partial charge in [-0.1, -0.05) is 71.1 Å². The molecule has 1 atom stereocenters. The number of carbonyl (C=O) groups excluding carboxylic acids is 1. The molecule has 0 rings (SSSR count). The highest BCUT2D eigenvalue weighted by Gasteiger charge is 2.05. The van der Waals surface area contributed by atoms with Crippen molar-refractivity contribution in [3.8, 4) is 0 Å². The van der Waals surface area contributed by atoms with Crippen molar-refractivity contribution in [2.45, 2.75) is 96.9 Å². The van der Waals surface area contributed by atoms with Crippen molar-refractivity contribution in [1.82, 2.24) is 0 Å². The summed E-state index contributed by atoms with van der Waals surface area (Å²) in [5.41, 5.74) is 5.52. The van der Waals surface area contributed by atoms with E-state index in [-0.39, 0.29) is 11.8 Å². The monoisotopic (exact) mass is 255 g/mol. The van der Waals surface area contributed by atoms with Crippen molar-refractivity contribution < 1.29 is 4.79 Å². The first kappa shape index (κ1) is 17.6. The second-order valence-corrected chi connectivity index (χ2v) is 5.54. The van der Waals surface area contributed by atoms with Crippen LogP contribution in [0.25, 0.3) is 0 Å². The lowest BCUT2D eigenvalue weighted by atomic mass is 10.0. The van der Waals surface area contributed by atoms with Crippen molar-refractivity contribution >= 4 is 5.78 Å². The minimum absolute atomic E-state index is 0.214. The van der Waals surface area contributed by atoms with Crippen LogP contribution in [0.15, 0.2) is 0 Å². The molecule has 0 saturated carbocycles. The van der Waals surface area contributed by atoms with Crippen LogP contribution in [-0.4, -0.2) is 11.8 Å². The standard InChI is InChI=1S/C16H33NO/c1-3-4-5-6-7-8-9-10-11-12-13-14-16(18)15(2)17/h15H,3-14,17H2,1-2H3. The van der Waals surface area contributed by atoms with Crippen LogP contribution in [0.2, 0.25) is 0 Å². The number of unbranched alkanes of at least 4 members (excludes halogenated alkanes) is 10. The van der Waals surface area contributed by atoms with Gasteiger partial charge < -0.3 is 5.73 Å². The Hall–Kier alpha value is -0.370. The average molecular weight is 255 g/mol. The Bertz CT molecular complexity index is 190. The second-order valence-electron chi connectivity index (χ2n) is 5.54. The van der Waals surface area contributed by atoms with E-state index < -0.39 is 0 Å². The first-order valence-corrected chi connectivity index (χ1v) is 7.96. The zero-order valence-corrected chi connectivity index (χ0v) is 12.5. The van der Waals surface area contributed by atoms with Gasteiger partial charge in [0.15, 0.2) is 0 Å². The molecule has 18 heavy (non-hydrogen) atoms. The first-order valence-electron chi connectivity index (χ1n) is 7.96. The van der Waals surface area contributed by atoms with E-state index in [0.717, 1.165) is 6.42 Å². The lowest BCUT2D eigenvalue weighted by Gasteiger charge is -2.04. The van der Waals surface area contributed by atoms with Crippen LogP contribution in [0.5, 0.6) is 0 Å². The molecule has 0 aromatic rings. The van der Waals surface area contributed by atoms with Gasteiger partial charge in [0.2, 0.25) is 0 Å². The van der Waals surface area contributed by atoms with E-state index in [9.17, 15) is 4.79 Å². The molecule has 1 unspecified atom stereocenters. The minimum Gasteiger partial charge on any atom is -0.322 e. The third-order valence-corrected chi connectivity index (χ3v) is 3.53. The van der Waals surface area contributed by atoms with Crippen molar-refractivity contribution in [3.63, 3.8) is 0 Å². The smallest absolute Gasteiger partial charge is 0.149 e. The maximum absolute atomic E-state index is 11.3. The van der Waals surface area contributed by atoms with Crippen molar-refractivity contribution in [1.29, 1.82) is 0 Å². The van der Waals surface area contributed by atoms with Crippen molar-refractivity contribution in [3.05, 3.63) is 0 Å². The number of ketones is 1. The molecule has 0 saturated heterocycles. The molecule has 2 N–H and O–H groups in total.